The maximum atomic E-state index is 11.2. The Balaban J connectivity index is 3.00. The normalized spacial score (nSPS) is 31.2. The predicted molar refractivity (Wildman–Crippen MR) is 69.4 cm³/mol. The minimum atomic E-state index is -1.37. The molecule has 0 spiro atoms. The summed E-state index contributed by atoms with van der Waals surface area (Å²) in [4.78, 5) is 33.4. The molecule has 0 saturated carbocycles. The van der Waals surface area contributed by atoms with Crippen molar-refractivity contribution in [2.75, 3.05) is 13.7 Å². The molecule has 0 aromatic carbocycles. The van der Waals surface area contributed by atoms with Crippen LogP contribution in [0.2, 0.25) is 0 Å². The summed E-state index contributed by atoms with van der Waals surface area (Å²) in [6.07, 6.45) is -5.79. The first-order valence-electron chi connectivity index (χ1n) is 6.60. The molecular weight excluding hydrogens is 300 g/mol. The summed E-state index contributed by atoms with van der Waals surface area (Å²) >= 11 is 0. The Kier molecular flexibility index (Phi) is 6.72. The Morgan fingerprint density at radius 1 is 1.00 bits per heavy atom. The van der Waals surface area contributed by atoms with Crippen LogP contribution in [-0.2, 0) is 38.1 Å². The van der Waals surface area contributed by atoms with Gasteiger partial charge in [-0.1, -0.05) is 0 Å². The summed E-state index contributed by atoms with van der Waals surface area (Å²) < 4.78 is 25.3. The molecule has 5 atom stereocenters. The van der Waals surface area contributed by atoms with Crippen LogP contribution >= 0.6 is 0 Å². The monoisotopic (exact) mass is 320 g/mol. The van der Waals surface area contributed by atoms with Gasteiger partial charge >= 0.3 is 17.9 Å². The number of esters is 3. The third-order valence-corrected chi connectivity index (χ3v) is 2.90. The molecule has 0 unspecified atom stereocenters. The molecule has 0 amide bonds. The Morgan fingerprint density at radius 3 is 2.00 bits per heavy atom. The molecule has 9 heteroatoms. The van der Waals surface area contributed by atoms with Crippen molar-refractivity contribution in [2.45, 2.75) is 51.5 Å². The lowest BCUT2D eigenvalue weighted by atomic mass is 9.98. The minimum Gasteiger partial charge on any atom is -0.463 e. The molecule has 1 aliphatic heterocycles. The van der Waals surface area contributed by atoms with Gasteiger partial charge in [0.15, 0.2) is 18.5 Å². The predicted octanol–water partition coefficient (Wildman–Crippen LogP) is -0.855. The average Bonchev–Trinajstić information content (AvgIpc) is 2.41. The van der Waals surface area contributed by atoms with Crippen LogP contribution < -0.4 is 0 Å². The Bertz CT molecular complexity index is 422. The van der Waals surface area contributed by atoms with E-state index in [0.29, 0.717) is 0 Å². The second kappa shape index (κ2) is 8.06. The van der Waals surface area contributed by atoms with Crippen molar-refractivity contribution in [1.29, 1.82) is 0 Å². The Morgan fingerprint density at radius 2 is 1.55 bits per heavy atom. The number of aliphatic hydroxyl groups excluding tert-OH is 1. The number of aliphatic hydroxyl groups is 1. The molecule has 0 aromatic rings. The zero-order valence-corrected chi connectivity index (χ0v) is 12.8. The molecule has 126 valence electrons. The molecule has 1 aliphatic rings. The second-order valence-electron chi connectivity index (χ2n) is 4.72. The maximum absolute atomic E-state index is 11.2. The van der Waals surface area contributed by atoms with E-state index in [1.54, 1.807) is 0 Å². The fourth-order valence-electron chi connectivity index (χ4n) is 2.08. The molecule has 1 saturated heterocycles. The number of carbonyl (C=O) groups is 3. The largest absolute Gasteiger partial charge is 0.463 e. The van der Waals surface area contributed by atoms with Gasteiger partial charge in [0, 0.05) is 27.9 Å². The number of rotatable bonds is 5. The Hall–Kier alpha value is -1.71. The van der Waals surface area contributed by atoms with Crippen molar-refractivity contribution >= 4 is 17.9 Å². The summed E-state index contributed by atoms with van der Waals surface area (Å²) in [6.45, 7) is 3.26. The zero-order valence-electron chi connectivity index (χ0n) is 12.8. The van der Waals surface area contributed by atoms with E-state index in [0.717, 1.165) is 13.8 Å². The first-order chi connectivity index (χ1) is 10.3. The topological polar surface area (TPSA) is 118 Å². The highest BCUT2D eigenvalue weighted by Crippen LogP contribution is 2.27. The van der Waals surface area contributed by atoms with E-state index in [9.17, 15) is 19.5 Å². The van der Waals surface area contributed by atoms with E-state index >= 15 is 0 Å². The standard InChI is InChI=1S/C13H20O9/c1-6(14)19-5-9-11(20-7(2)15)12(21-8(3)16)10(17)13(18-4)22-9/h9-13,17H,5H2,1-4H3/t9-,10+,11-,12-,13-/m1/s1. The highest BCUT2D eigenvalue weighted by molar-refractivity contribution is 5.67. The smallest absolute Gasteiger partial charge is 0.303 e. The van der Waals surface area contributed by atoms with Crippen LogP contribution in [0.4, 0.5) is 0 Å². The zero-order chi connectivity index (χ0) is 16.9. The van der Waals surface area contributed by atoms with Crippen LogP contribution in [0, 0.1) is 0 Å². The van der Waals surface area contributed by atoms with Gasteiger partial charge in [0.2, 0.25) is 0 Å². The number of ether oxygens (including phenoxy) is 5. The van der Waals surface area contributed by atoms with Gasteiger partial charge in [-0.15, -0.1) is 0 Å². The highest BCUT2D eigenvalue weighted by atomic mass is 16.7. The van der Waals surface area contributed by atoms with Crippen molar-refractivity contribution in [3.63, 3.8) is 0 Å². The van der Waals surface area contributed by atoms with Gasteiger partial charge in [0.25, 0.3) is 0 Å². The molecule has 9 nitrogen and oxygen atoms in total. The van der Waals surface area contributed by atoms with Crippen molar-refractivity contribution in [1.82, 2.24) is 0 Å². The number of hydrogen-bond donors (Lipinski definition) is 1. The van der Waals surface area contributed by atoms with E-state index in [-0.39, 0.29) is 6.61 Å². The van der Waals surface area contributed by atoms with Crippen LogP contribution in [0.1, 0.15) is 20.8 Å². The van der Waals surface area contributed by atoms with Gasteiger partial charge in [-0.25, -0.2) is 0 Å². The number of carbonyl (C=O) groups excluding carboxylic acids is 3. The summed E-state index contributed by atoms with van der Waals surface area (Å²) in [5.41, 5.74) is 0. The molecule has 0 bridgehead atoms. The molecule has 1 fully saturated rings. The van der Waals surface area contributed by atoms with E-state index in [1.807, 2.05) is 0 Å². The average molecular weight is 320 g/mol. The van der Waals surface area contributed by atoms with Crippen LogP contribution in [0.25, 0.3) is 0 Å². The van der Waals surface area contributed by atoms with E-state index in [2.05, 4.69) is 0 Å². The molecule has 0 aromatic heterocycles. The molecule has 1 heterocycles. The van der Waals surface area contributed by atoms with Crippen LogP contribution in [0.5, 0.6) is 0 Å². The third-order valence-electron chi connectivity index (χ3n) is 2.90. The fourth-order valence-corrected chi connectivity index (χ4v) is 2.08. The van der Waals surface area contributed by atoms with Gasteiger partial charge in [-0.05, 0) is 0 Å². The second-order valence-corrected chi connectivity index (χ2v) is 4.72. The van der Waals surface area contributed by atoms with Gasteiger partial charge < -0.3 is 28.8 Å². The summed E-state index contributed by atoms with van der Waals surface area (Å²) in [7, 11) is 1.29. The fraction of sp³-hybridized carbons (Fsp3) is 0.769. The SMILES string of the molecule is CO[C@@H]1O[C@H](COC(C)=O)[C@@H](OC(C)=O)[C@H](OC(C)=O)[C@@H]1O. The molecular formula is C13H20O9. The minimum absolute atomic E-state index is 0.252. The lowest BCUT2D eigenvalue weighted by molar-refractivity contribution is -0.299. The third kappa shape index (κ3) is 4.93. The summed E-state index contributed by atoms with van der Waals surface area (Å²) in [5, 5.41) is 10.1. The van der Waals surface area contributed by atoms with E-state index in [4.69, 9.17) is 23.7 Å². The maximum Gasteiger partial charge on any atom is 0.303 e. The van der Waals surface area contributed by atoms with Gasteiger partial charge in [0.05, 0.1) is 0 Å². The molecule has 0 aliphatic carbocycles. The number of hydrogen-bond acceptors (Lipinski definition) is 9. The lowest BCUT2D eigenvalue weighted by Crippen LogP contribution is -2.61. The van der Waals surface area contributed by atoms with Crippen molar-refractivity contribution < 1.29 is 43.2 Å². The van der Waals surface area contributed by atoms with Crippen LogP contribution in [0.3, 0.4) is 0 Å². The number of methoxy groups -OCH3 is 1. The van der Waals surface area contributed by atoms with Gasteiger partial charge in [-0.2, -0.15) is 0 Å². The molecule has 0 radical (unpaired) electrons. The molecule has 22 heavy (non-hydrogen) atoms. The van der Waals surface area contributed by atoms with Crippen LogP contribution in [0.15, 0.2) is 0 Å². The Labute approximate surface area is 127 Å². The van der Waals surface area contributed by atoms with Crippen molar-refractivity contribution in [3.8, 4) is 0 Å². The van der Waals surface area contributed by atoms with Crippen molar-refractivity contribution in [2.24, 2.45) is 0 Å². The highest BCUT2D eigenvalue weighted by Gasteiger charge is 2.49. The van der Waals surface area contributed by atoms with Crippen LogP contribution in [-0.4, -0.2) is 67.4 Å². The van der Waals surface area contributed by atoms with Crippen molar-refractivity contribution in [3.05, 3.63) is 0 Å². The molecule has 1 rings (SSSR count). The van der Waals surface area contributed by atoms with Gasteiger partial charge in [0.1, 0.15) is 18.8 Å². The first kappa shape index (κ1) is 18.3. The first-order valence-corrected chi connectivity index (χ1v) is 6.60. The van der Waals surface area contributed by atoms with E-state index < -0.39 is 48.6 Å². The van der Waals surface area contributed by atoms with E-state index in [1.165, 1.54) is 14.0 Å². The molecule has 1 N–H and O–H groups in total. The summed E-state index contributed by atoms with van der Waals surface area (Å²) in [5.74, 6) is -1.90. The summed E-state index contributed by atoms with van der Waals surface area (Å²) in [6, 6.07) is 0. The lowest BCUT2D eigenvalue weighted by Gasteiger charge is -2.42. The van der Waals surface area contributed by atoms with Gasteiger partial charge in [-0.3, -0.25) is 14.4 Å². The quantitative estimate of drug-likeness (QED) is 0.510.